The zero-order chi connectivity index (χ0) is 24.2. The number of hydrogen-bond donors (Lipinski definition) is 1. The molecule has 6 nitrogen and oxygen atoms in total. The van der Waals surface area contributed by atoms with Crippen LogP contribution in [0.15, 0.2) is 42.5 Å². The summed E-state index contributed by atoms with van der Waals surface area (Å²) < 4.78 is 12.8. The third-order valence-corrected chi connectivity index (χ3v) is 6.27. The Morgan fingerprint density at radius 3 is 2.26 bits per heavy atom. The number of aromatic nitrogens is 2. The van der Waals surface area contributed by atoms with Crippen molar-refractivity contribution in [3.8, 4) is 11.5 Å². The lowest BCUT2D eigenvalue weighted by Crippen LogP contribution is -2.25. The van der Waals surface area contributed by atoms with Crippen LogP contribution in [0.25, 0.3) is 11.0 Å². The third-order valence-electron chi connectivity index (χ3n) is 6.27. The Morgan fingerprint density at radius 2 is 1.56 bits per heavy atom. The van der Waals surface area contributed by atoms with Crippen molar-refractivity contribution in [1.29, 1.82) is 0 Å². The van der Waals surface area contributed by atoms with Gasteiger partial charge >= 0.3 is 0 Å². The first-order chi connectivity index (χ1) is 16.7. The van der Waals surface area contributed by atoms with E-state index in [1.807, 2.05) is 18.2 Å². The molecule has 1 aromatic heterocycles. The van der Waals surface area contributed by atoms with Crippen LogP contribution in [-0.4, -0.2) is 29.7 Å². The van der Waals surface area contributed by atoms with E-state index in [2.05, 4.69) is 22.9 Å². The van der Waals surface area contributed by atoms with Gasteiger partial charge < -0.3 is 19.4 Å². The molecule has 0 aliphatic carbocycles. The number of carbonyl (C=O) groups is 1. The maximum atomic E-state index is 12.8. The number of ether oxygens (including phenoxy) is 2. The van der Waals surface area contributed by atoms with Gasteiger partial charge in [-0.2, -0.15) is 0 Å². The molecular formula is C28H39N3O3. The second-order valence-corrected chi connectivity index (χ2v) is 8.75. The van der Waals surface area contributed by atoms with E-state index in [1.165, 1.54) is 51.4 Å². The van der Waals surface area contributed by atoms with Crippen molar-refractivity contribution in [3.63, 3.8) is 0 Å². The Morgan fingerprint density at radius 1 is 0.882 bits per heavy atom. The van der Waals surface area contributed by atoms with Crippen LogP contribution in [0, 0.1) is 0 Å². The molecule has 0 bridgehead atoms. The molecule has 6 heteroatoms. The molecule has 0 atom stereocenters. The number of amides is 1. The van der Waals surface area contributed by atoms with E-state index in [4.69, 9.17) is 14.5 Å². The van der Waals surface area contributed by atoms with E-state index in [9.17, 15) is 4.79 Å². The first-order valence-corrected chi connectivity index (χ1v) is 12.6. The van der Waals surface area contributed by atoms with Crippen molar-refractivity contribution in [2.75, 3.05) is 14.2 Å². The Hall–Kier alpha value is -3.02. The summed E-state index contributed by atoms with van der Waals surface area (Å²) in [6.45, 7) is 3.55. The fourth-order valence-electron chi connectivity index (χ4n) is 4.33. The number of hydrogen-bond acceptors (Lipinski definition) is 4. The van der Waals surface area contributed by atoms with Crippen molar-refractivity contribution >= 4 is 16.9 Å². The lowest BCUT2D eigenvalue weighted by molar-refractivity contribution is 0.0949. The Bertz CT molecular complexity index is 1040. The van der Waals surface area contributed by atoms with E-state index in [-0.39, 0.29) is 5.91 Å². The molecule has 0 fully saturated rings. The zero-order valence-electron chi connectivity index (χ0n) is 20.9. The summed E-state index contributed by atoms with van der Waals surface area (Å²) in [4.78, 5) is 17.6. The van der Waals surface area contributed by atoms with Crippen LogP contribution in [0.2, 0.25) is 0 Å². The summed E-state index contributed by atoms with van der Waals surface area (Å²) in [5, 5.41) is 3.02. The van der Waals surface area contributed by atoms with Crippen molar-refractivity contribution in [2.45, 2.75) is 77.8 Å². The van der Waals surface area contributed by atoms with Gasteiger partial charge in [-0.3, -0.25) is 4.79 Å². The number of benzene rings is 2. The highest BCUT2D eigenvalue weighted by Gasteiger charge is 2.14. The fourth-order valence-corrected chi connectivity index (χ4v) is 4.33. The normalized spacial score (nSPS) is 11.0. The summed E-state index contributed by atoms with van der Waals surface area (Å²) in [5.41, 5.74) is 2.62. The second-order valence-electron chi connectivity index (χ2n) is 8.75. The van der Waals surface area contributed by atoms with Crippen molar-refractivity contribution in [2.24, 2.45) is 0 Å². The lowest BCUT2D eigenvalue weighted by atomic mass is 10.1. The molecule has 0 saturated heterocycles. The molecule has 0 unspecified atom stereocenters. The molecule has 1 amide bonds. The standard InChI is InChI=1S/C28H39N3O3/c1-4-5-6-7-8-9-10-11-14-19-31-24-16-13-12-15-23(24)30-27(31)21-29-28(32)22-17-18-25(33-2)26(20-22)34-3/h12-13,15-18,20H,4-11,14,19,21H2,1-3H3,(H,29,32). The van der Waals surface area contributed by atoms with Gasteiger partial charge in [-0.15, -0.1) is 0 Å². The molecule has 2 aromatic carbocycles. The number of methoxy groups -OCH3 is 2. The number of rotatable bonds is 15. The number of imidazole rings is 1. The molecule has 34 heavy (non-hydrogen) atoms. The van der Waals surface area contributed by atoms with Crippen LogP contribution < -0.4 is 14.8 Å². The Labute approximate surface area is 203 Å². The van der Waals surface area contributed by atoms with Crippen LogP contribution in [0.4, 0.5) is 0 Å². The van der Waals surface area contributed by atoms with Gasteiger partial charge in [0.05, 0.1) is 31.8 Å². The van der Waals surface area contributed by atoms with Gasteiger partial charge in [0.2, 0.25) is 0 Å². The van der Waals surface area contributed by atoms with Gasteiger partial charge in [-0.05, 0) is 36.8 Å². The molecule has 3 rings (SSSR count). The zero-order valence-corrected chi connectivity index (χ0v) is 20.9. The molecule has 3 aromatic rings. The van der Waals surface area contributed by atoms with Gasteiger partial charge in [-0.25, -0.2) is 4.98 Å². The highest BCUT2D eigenvalue weighted by atomic mass is 16.5. The molecule has 0 radical (unpaired) electrons. The van der Waals surface area contributed by atoms with Gasteiger partial charge in [0.1, 0.15) is 5.82 Å². The second kappa shape index (κ2) is 13.6. The number of fused-ring (bicyclic) bond motifs is 1. The maximum Gasteiger partial charge on any atom is 0.251 e. The monoisotopic (exact) mass is 465 g/mol. The topological polar surface area (TPSA) is 65.4 Å². The SMILES string of the molecule is CCCCCCCCCCCn1c(CNC(=O)c2ccc(OC)c(OC)c2)nc2ccccc21. The number of para-hydroxylation sites is 2. The average molecular weight is 466 g/mol. The summed E-state index contributed by atoms with van der Waals surface area (Å²) in [5.74, 6) is 1.85. The first-order valence-electron chi connectivity index (χ1n) is 12.6. The highest BCUT2D eigenvalue weighted by molar-refractivity contribution is 5.94. The molecular weight excluding hydrogens is 426 g/mol. The molecule has 0 aliphatic heterocycles. The van der Waals surface area contributed by atoms with Crippen molar-refractivity contribution in [3.05, 3.63) is 53.9 Å². The Kier molecular flexibility index (Phi) is 10.3. The number of nitrogens with one attached hydrogen (secondary N) is 1. The number of carbonyl (C=O) groups excluding carboxylic acids is 1. The molecule has 184 valence electrons. The van der Waals surface area contributed by atoms with Crippen LogP contribution in [-0.2, 0) is 13.1 Å². The minimum Gasteiger partial charge on any atom is -0.493 e. The summed E-state index contributed by atoms with van der Waals surface area (Å²) in [6.07, 6.45) is 11.7. The van der Waals surface area contributed by atoms with Gasteiger partial charge in [0, 0.05) is 12.1 Å². The van der Waals surface area contributed by atoms with Crippen LogP contribution >= 0.6 is 0 Å². The quantitative estimate of drug-likeness (QED) is 0.260. The predicted molar refractivity (Wildman–Crippen MR) is 138 cm³/mol. The van der Waals surface area contributed by atoms with Crippen LogP contribution in [0.5, 0.6) is 11.5 Å². The van der Waals surface area contributed by atoms with E-state index in [1.54, 1.807) is 32.4 Å². The van der Waals surface area contributed by atoms with E-state index < -0.39 is 0 Å². The molecule has 0 spiro atoms. The average Bonchev–Trinajstić information content (AvgIpc) is 3.23. The van der Waals surface area contributed by atoms with Gasteiger partial charge in [-0.1, -0.05) is 70.4 Å². The number of nitrogens with zero attached hydrogens (tertiary/aromatic N) is 2. The van der Waals surface area contributed by atoms with E-state index in [0.29, 0.717) is 23.6 Å². The molecule has 0 saturated carbocycles. The summed E-state index contributed by atoms with van der Waals surface area (Å²) in [6, 6.07) is 13.4. The van der Waals surface area contributed by atoms with Crippen LogP contribution in [0.1, 0.15) is 80.9 Å². The van der Waals surface area contributed by atoms with Crippen molar-refractivity contribution in [1.82, 2.24) is 14.9 Å². The lowest BCUT2D eigenvalue weighted by Gasteiger charge is -2.12. The smallest absolute Gasteiger partial charge is 0.251 e. The summed E-state index contributed by atoms with van der Waals surface area (Å²) >= 11 is 0. The van der Waals surface area contributed by atoms with Gasteiger partial charge in [0.25, 0.3) is 5.91 Å². The largest absolute Gasteiger partial charge is 0.493 e. The van der Waals surface area contributed by atoms with E-state index in [0.717, 1.165) is 29.8 Å². The molecule has 1 heterocycles. The minimum absolute atomic E-state index is 0.164. The Balaban J connectivity index is 1.57. The molecule has 1 N–H and O–H groups in total. The fraction of sp³-hybridized carbons (Fsp3) is 0.500. The first kappa shape index (κ1) is 25.6. The predicted octanol–water partition coefficient (Wildman–Crippen LogP) is 6.51. The van der Waals surface area contributed by atoms with Gasteiger partial charge in [0.15, 0.2) is 11.5 Å². The van der Waals surface area contributed by atoms with E-state index >= 15 is 0 Å². The minimum atomic E-state index is -0.164. The van der Waals surface area contributed by atoms with Crippen LogP contribution in [0.3, 0.4) is 0 Å². The van der Waals surface area contributed by atoms with Crippen molar-refractivity contribution < 1.29 is 14.3 Å². The number of aryl methyl sites for hydroxylation is 1. The third kappa shape index (κ3) is 6.99. The maximum absolute atomic E-state index is 12.8. The number of unbranched alkanes of at least 4 members (excludes halogenated alkanes) is 8. The molecule has 0 aliphatic rings. The summed E-state index contributed by atoms with van der Waals surface area (Å²) in [7, 11) is 3.14. The highest BCUT2D eigenvalue weighted by Crippen LogP contribution is 2.27.